The zero-order valence-corrected chi connectivity index (χ0v) is 13.1. The van der Waals surface area contributed by atoms with Gasteiger partial charge in [-0.15, -0.1) is 0 Å². The van der Waals surface area contributed by atoms with Gasteiger partial charge in [0, 0.05) is 0 Å². The molecule has 23 heavy (non-hydrogen) atoms. The second-order valence-electron chi connectivity index (χ2n) is 4.65. The van der Waals surface area contributed by atoms with Gasteiger partial charge in [-0.05, 0) is 24.3 Å². The van der Waals surface area contributed by atoms with E-state index in [1.165, 1.54) is 0 Å². The molecule has 0 radical (unpaired) electrons. The average Bonchev–Trinajstić information content (AvgIpc) is 2.93. The summed E-state index contributed by atoms with van der Waals surface area (Å²) in [7, 11) is 0. The molecule has 0 aliphatic rings. The molecule has 3 aromatic rings. The number of H-pyrrole nitrogens is 1. The highest BCUT2D eigenvalue weighted by Crippen LogP contribution is 2.37. The number of nitrogens with zero attached hydrogens (tertiary/aromatic N) is 2. The van der Waals surface area contributed by atoms with Crippen molar-refractivity contribution in [3.63, 3.8) is 0 Å². The molecule has 0 bridgehead atoms. The van der Waals surface area contributed by atoms with E-state index in [2.05, 4.69) is 9.97 Å². The summed E-state index contributed by atoms with van der Waals surface area (Å²) in [6.07, 6.45) is 0. The molecule has 0 fully saturated rings. The zero-order valence-electron chi connectivity index (χ0n) is 11.6. The molecule has 1 aromatic heterocycles. The van der Waals surface area contributed by atoms with Gasteiger partial charge in [0.1, 0.15) is 0 Å². The van der Waals surface area contributed by atoms with Gasteiger partial charge in [-0.2, -0.15) is 0 Å². The van der Waals surface area contributed by atoms with E-state index in [0.717, 1.165) is 4.90 Å². The molecule has 2 aromatic carbocycles. The second kappa shape index (κ2) is 5.91. The Balaban J connectivity index is 2.24. The van der Waals surface area contributed by atoms with Crippen LogP contribution in [0.2, 0.25) is 10.0 Å². The summed E-state index contributed by atoms with van der Waals surface area (Å²) in [4.78, 5) is 32.0. The maximum Gasteiger partial charge on any atom is 0.323 e. The van der Waals surface area contributed by atoms with E-state index in [1.807, 2.05) is 6.07 Å². The molecule has 116 valence electrons. The Morgan fingerprint density at radius 2 is 1.70 bits per heavy atom. The van der Waals surface area contributed by atoms with Crippen molar-refractivity contribution in [2.45, 2.75) is 0 Å². The molecule has 1 heterocycles. The number of aromatic amines is 1. The first kappa shape index (κ1) is 15.3. The van der Waals surface area contributed by atoms with Crippen molar-refractivity contribution in [1.29, 1.82) is 0 Å². The summed E-state index contributed by atoms with van der Waals surface area (Å²) < 4.78 is 0. The van der Waals surface area contributed by atoms with Gasteiger partial charge >= 0.3 is 11.8 Å². The highest BCUT2D eigenvalue weighted by Gasteiger charge is 2.29. The summed E-state index contributed by atoms with van der Waals surface area (Å²) in [5, 5.41) is 0.375. The van der Waals surface area contributed by atoms with E-state index < -0.39 is 11.8 Å². The number of anilines is 2. The van der Waals surface area contributed by atoms with E-state index in [9.17, 15) is 9.59 Å². The van der Waals surface area contributed by atoms with Crippen LogP contribution in [-0.2, 0) is 9.59 Å². The van der Waals surface area contributed by atoms with Gasteiger partial charge in [-0.3, -0.25) is 9.59 Å². The van der Waals surface area contributed by atoms with Crippen LogP contribution in [0, 0.1) is 0 Å². The summed E-state index contributed by atoms with van der Waals surface area (Å²) in [6.45, 7) is 0. The van der Waals surface area contributed by atoms with Crippen molar-refractivity contribution in [1.82, 2.24) is 9.97 Å². The molecule has 0 saturated carbocycles. The first-order valence-corrected chi connectivity index (χ1v) is 7.27. The summed E-state index contributed by atoms with van der Waals surface area (Å²) >= 11 is 12.3. The molecule has 0 spiro atoms. The number of nitrogens with two attached hydrogens (primary N) is 1. The molecular formula is C15H10Cl2N4O2. The quantitative estimate of drug-likeness (QED) is 0.697. The predicted molar refractivity (Wildman–Crippen MR) is 88.9 cm³/mol. The van der Waals surface area contributed by atoms with Gasteiger partial charge in [0.15, 0.2) is 0 Å². The molecule has 0 saturated heterocycles. The fraction of sp³-hybridized carbons (Fsp3) is 0. The van der Waals surface area contributed by atoms with E-state index in [4.69, 9.17) is 28.9 Å². The molecule has 0 atom stereocenters. The third-order valence-electron chi connectivity index (χ3n) is 3.16. The van der Waals surface area contributed by atoms with Crippen molar-refractivity contribution in [3.8, 4) is 0 Å². The standard InChI is InChI=1S/C15H10Cl2N4O2/c16-8-4-3-5-9(17)12(8)21(14(23)13(18)22)15-19-10-6-1-2-7-11(10)20-15/h1-7H,(H2,18,22)(H,19,20). The van der Waals surface area contributed by atoms with Gasteiger partial charge in [0.25, 0.3) is 0 Å². The Bertz CT molecular complexity index is 869. The third kappa shape index (κ3) is 2.74. The molecule has 0 unspecified atom stereocenters. The molecule has 0 aliphatic carbocycles. The minimum Gasteiger partial charge on any atom is -0.361 e. The van der Waals surface area contributed by atoms with Gasteiger partial charge < -0.3 is 10.7 Å². The van der Waals surface area contributed by atoms with Crippen molar-refractivity contribution in [2.24, 2.45) is 5.73 Å². The zero-order chi connectivity index (χ0) is 16.6. The van der Waals surface area contributed by atoms with Gasteiger partial charge in [0.05, 0.1) is 26.8 Å². The summed E-state index contributed by atoms with van der Waals surface area (Å²) in [6, 6.07) is 11.9. The number of halogens is 2. The van der Waals surface area contributed by atoms with Gasteiger partial charge in [0.2, 0.25) is 5.95 Å². The SMILES string of the molecule is NC(=O)C(=O)N(c1nc2ccccc2[nH]1)c1c(Cl)cccc1Cl. The van der Waals surface area contributed by atoms with Crippen LogP contribution in [0.3, 0.4) is 0 Å². The smallest absolute Gasteiger partial charge is 0.323 e. The normalized spacial score (nSPS) is 10.7. The van der Waals surface area contributed by atoms with Crippen molar-refractivity contribution in [2.75, 3.05) is 4.90 Å². The monoisotopic (exact) mass is 348 g/mol. The fourth-order valence-corrected chi connectivity index (χ4v) is 2.73. The molecular weight excluding hydrogens is 339 g/mol. The first-order valence-electron chi connectivity index (χ1n) is 6.51. The fourth-order valence-electron chi connectivity index (χ4n) is 2.16. The van der Waals surface area contributed by atoms with E-state index in [-0.39, 0.29) is 21.7 Å². The number of nitrogens with one attached hydrogen (secondary N) is 1. The van der Waals surface area contributed by atoms with Crippen LogP contribution in [-0.4, -0.2) is 21.8 Å². The van der Waals surface area contributed by atoms with E-state index >= 15 is 0 Å². The summed E-state index contributed by atoms with van der Waals surface area (Å²) in [5.41, 5.74) is 6.59. The number of benzene rings is 2. The second-order valence-corrected chi connectivity index (χ2v) is 5.47. The van der Waals surface area contributed by atoms with Gasteiger partial charge in [-0.25, -0.2) is 9.88 Å². The van der Waals surface area contributed by atoms with E-state index in [0.29, 0.717) is 11.0 Å². The lowest BCUT2D eigenvalue weighted by molar-refractivity contribution is -0.135. The lowest BCUT2D eigenvalue weighted by Gasteiger charge is -2.20. The first-order chi connectivity index (χ1) is 11.0. The number of hydrogen-bond donors (Lipinski definition) is 2. The number of aromatic nitrogens is 2. The van der Waals surface area contributed by atoms with Crippen LogP contribution >= 0.6 is 23.2 Å². The number of para-hydroxylation sites is 3. The Hall–Kier alpha value is -2.57. The largest absolute Gasteiger partial charge is 0.361 e. The Morgan fingerprint density at radius 1 is 1.04 bits per heavy atom. The molecule has 3 rings (SSSR count). The molecule has 6 nitrogen and oxygen atoms in total. The molecule has 3 N–H and O–H groups in total. The average molecular weight is 349 g/mol. The predicted octanol–water partition coefficient (Wildman–Crippen LogP) is 3.02. The minimum absolute atomic E-state index is 0.102. The molecule has 2 amide bonds. The topological polar surface area (TPSA) is 92.1 Å². The number of fused-ring (bicyclic) bond motifs is 1. The van der Waals surface area contributed by atoms with Crippen molar-refractivity contribution < 1.29 is 9.59 Å². The summed E-state index contributed by atoms with van der Waals surface area (Å²) in [5.74, 6) is -2.05. The van der Waals surface area contributed by atoms with Crippen LogP contribution in [0.25, 0.3) is 11.0 Å². The van der Waals surface area contributed by atoms with Crippen LogP contribution in [0.15, 0.2) is 42.5 Å². The maximum absolute atomic E-state index is 12.3. The van der Waals surface area contributed by atoms with Crippen LogP contribution in [0.4, 0.5) is 11.6 Å². The lowest BCUT2D eigenvalue weighted by Crippen LogP contribution is -2.38. The lowest BCUT2D eigenvalue weighted by atomic mass is 10.3. The number of amides is 2. The number of rotatable bonds is 2. The number of hydrogen-bond acceptors (Lipinski definition) is 3. The van der Waals surface area contributed by atoms with Crippen molar-refractivity contribution >= 4 is 57.7 Å². The highest BCUT2D eigenvalue weighted by atomic mass is 35.5. The number of primary amides is 1. The third-order valence-corrected chi connectivity index (χ3v) is 3.77. The molecule has 8 heteroatoms. The van der Waals surface area contributed by atoms with Gasteiger partial charge in [-0.1, -0.05) is 41.4 Å². The van der Waals surface area contributed by atoms with E-state index in [1.54, 1.807) is 36.4 Å². The highest BCUT2D eigenvalue weighted by molar-refractivity contribution is 6.46. The van der Waals surface area contributed by atoms with Crippen molar-refractivity contribution in [3.05, 3.63) is 52.5 Å². The Labute approximate surface area is 140 Å². The van der Waals surface area contributed by atoms with Crippen LogP contribution in [0.5, 0.6) is 0 Å². The van der Waals surface area contributed by atoms with Crippen LogP contribution < -0.4 is 10.6 Å². The number of carbonyl (C=O) groups is 2. The number of carbonyl (C=O) groups excluding carboxylic acids is 2. The Morgan fingerprint density at radius 3 is 2.30 bits per heavy atom. The number of imidazole rings is 1. The Kier molecular flexibility index (Phi) is 3.94. The minimum atomic E-state index is -1.15. The molecule has 0 aliphatic heterocycles. The maximum atomic E-state index is 12.3. The van der Waals surface area contributed by atoms with Crippen LogP contribution in [0.1, 0.15) is 0 Å².